The van der Waals surface area contributed by atoms with E-state index in [-0.39, 0.29) is 18.4 Å². The third-order valence-corrected chi connectivity index (χ3v) is 2.29. The zero-order valence-electron chi connectivity index (χ0n) is 10.1. The van der Waals surface area contributed by atoms with Crippen LogP contribution in [-0.4, -0.2) is 31.4 Å². The number of anilines is 1. The topological polar surface area (TPSA) is 110 Å². The van der Waals surface area contributed by atoms with E-state index in [2.05, 4.69) is 10.6 Å². The third kappa shape index (κ3) is 4.84. The number of nitrogen functional groups attached to an aromatic ring is 1. The van der Waals surface area contributed by atoms with E-state index < -0.39 is 0 Å². The molecule has 0 saturated carbocycles. The van der Waals surface area contributed by atoms with Gasteiger partial charge in [-0.1, -0.05) is 0 Å². The number of nitrogens with two attached hydrogens (primary N) is 2. The van der Waals surface area contributed by atoms with E-state index in [0.717, 1.165) is 6.42 Å². The van der Waals surface area contributed by atoms with Gasteiger partial charge in [0.05, 0.1) is 6.54 Å². The number of amides is 2. The van der Waals surface area contributed by atoms with Gasteiger partial charge in [-0.25, -0.2) is 0 Å². The number of nitrogens with one attached hydrogen (secondary N) is 2. The van der Waals surface area contributed by atoms with Crippen LogP contribution in [0.1, 0.15) is 16.8 Å². The molecule has 6 nitrogen and oxygen atoms in total. The number of carbonyl (C=O) groups is 2. The van der Waals surface area contributed by atoms with Gasteiger partial charge in [-0.3, -0.25) is 9.59 Å². The zero-order valence-corrected chi connectivity index (χ0v) is 10.1. The average molecular weight is 250 g/mol. The Kier molecular flexibility index (Phi) is 5.66. The van der Waals surface area contributed by atoms with Gasteiger partial charge in [0, 0.05) is 17.8 Å². The Bertz CT molecular complexity index is 403. The van der Waals surface area contributed by atoms with E-state index in [1.165, 1.54) is 0 Å². The highest BCUT2D eigenvalue weighted by Crippen LogP contribution is 2.04. The molecule has 0 atom stereocenters. The minimum absolute atomic E-state index is 0.0478. The first-order valence-corrected chi connectivity index (χ1v) is 5.74. The monoisotopic (exact) mass is 250 g/mol. The highest BCUT2D eigenvalue weighted by molar-refractivity contribution is 5.96. The zero-order chi connectivity index (χ0) is 13.4. The number of rotatable bonds is 6. The standard InChI is InChI=1S/C12H18N4O2/c13-6-1-7-15-11(17)8-16-12(18)9-2-4-10(14)5-3-9/h2-5H,1,6-8,13-14H2,(H,15,17)(H,16,18). The van der Waals surface area contributed by atoms with Crippen molar-refractivity contribution >= 4 is 17.5 Å². The van der Waals surface area contributed by atoms with Gasteiger partial charge in [0.1, 0.15) is 0 Å². The molecule has 1 rings (SSSR count). The molecule has 6 heteroatoms. The molecule has 1 aromatic rings. The van der Waals surface area contributed by atoms with Crippen LogP contribution >= 0.6 is 0 Å². The molecule has 0 spiro atoms. The second-order valence-electron chi connectivity index (χ2n) is 3.80. The number of carbonyl (C=O) groups excluding carboxylic acids is 2. The molecule has 6 N–H and O–H groups in total. The Morgan fingerprint density at radius 1 is 1.11 bits per heavy atom. The van der Waals surface area contributed by atoms with Crippen LogP contribution in [0.15, 0.2) is 24.3 Å². The van der Waals surface area contributed by atoms with E-state index in [0.29, 0.717) is 24.3 Å². The van der Waals surface area contributed by atoms with Crippen LogP contribution in [0.3, 0.4) is 0 Å². The van der Waals surface area contributed by atoms with Crippen LogP contribution in [0.25, 0.3) is 0 Å². The van der Waals surface area contributed by atoms with Crippen molar-refractivity contribution in [3.63, 3.8) is 0 Å². The summed E-state index contributed by atoms with van der Waals surface area (Å²) in [5, 5.41) is 5.17. The lowest BCUT2D eigenvalue weighted by Crippen LogP contribution is -2.37. The van der Waals surface area contributed by atoms with Gasteiger partial charge in [0.25, 0.3) is 5.91 Å². The highest BCUT2D eigenvalue weighted by atomic mass is 16.2. The maximum absolute atomic E-state index is 11.6. The predicted octanol–water partition coefficient (Wildman–Crippen LogP) is -0.536. The molecule has 1 aromatic carbocycles. The van der Waals surface area contributed by atoms with Crippen molar-refractivity contribution in [3.05, 3.63) is 29.8 Å². The fourth-order valence-corrected chi connectivity index (χ4v) is 1.29. The Hall–Kier alpha value is -2.08. The highest BCUT2D eigenvalue weighted by Gasteiger charge is 2.07. The van der Waals surface area contributed by atoms with Crippen molar-refractivity contribution < 1.29 is 9.59 Å². The number of hydrogen-bond donors (Lipinski definition) is 4. The van der Waals surface area contributed by atoms with E-state index in [4.69, 9.17) is 11.5 Å². The van der Waals surface area contributed by atoms with Crippen molar-refractivity contribution in [1.82, 2.24) is 10.6 Å². The molecule has 0 unspecified atom stereocenters. The minimum atomic E-state index is -0.302. The largest absolute Gasteiger partial charge is 0.399 e. The summed E-state index contributed by atoms with van der Waals surface area (Å²) in [5.74, 6) is -0.531. The summed E-state index contributed by atoms with van der Waals surface area (Å²) < 4.78 is 0. The number of benzene rings is 1. The molecule has 0 saturated heterocycles. The summed E-state index contributed by atoms with van der Waals surface area (Å²) >= 11 is 0. The molecule has 0 heterocycles. The fraction of sp³-hybridized carbons (Fsp3) is 0.333. The van der Waals surface area contributed by atoms with Crippen LogP contribution < -0.4 is 22.1 Å². The second-order valence-corrected chi connectivity index (χ2v) is 3.80. The van der Waals surface area contributed by atoms with Crippen molar-refractivity contribution in [2.24, 2.45) is 5.73 Å². The Balaban J connectivity index is 2.32. The lowest BCUT2D eigenvalue weighted by atomic mass is 10.2. The summed E-state index contributed by atoms with van der Waals surface area (Å²) in [6.07, 6.45) is 0.720. The summed E-state index contributed by atoms with van der Waals surface area (Å²) in [6.45, 7) is 0.999. The molecule has 0 aliphatic carbocycles. The Labute approximate surface area is 106 Å². The lowest BCUT2D eigenvalue weighted by molar-refractivity contribution is -0.120. The van der Waals surface area contributed by atoms with E-state index in [1.54, 1.807) is 24.3 Å². The smallest absolute Gasteiger partial charge is 0.251 e. The van der Waals surface area contributed by atoms with Gasteiger partial charge in [0.15, 0.2) is 0 Å². The quantitative estimate of drug-likeness (QED) is 0.401. The Morgan fingerprint density at radius 3 is 2.39 bits per heavy atom. The van der Waals surface area contributed by atoms with Gasteiger partial charge in [-0.15, -0.1) is 0 Å². The molecule has 0 bridgehead atoms. The van der Waals surface area contributed by atoms with Crippen LogP contribution in [-0.2, 0) is 4.79 Å². The van der Waals surface area contributed by atoms with Gasteiger partial charge in [-0.05, 0) is 37.2 Å². The van der Waals surface area contributed by atoms with Gasteiger partial charge < -0.3 is 22.1 Å². The molecule has 0 radical (unpaired) electrons. The average Bonchev–Trinajstić information content (AvgIpc) is 2.37. The molecule has 0 fully saturated rings. The van der Waals surface area contributed by atoms with Gasteiger partial charge in [-0.2, -0.15) is 0 Å². The summed E-state index contributed by atoms with van der Waals surface area (Å²) in [6, 6.07) is 6.49. The summed E-state index contributed by atoms with van der Waals surface area (Å²) in [7, 11) is 0. The molecule has 98 valence electrons. The van der Waals surface area contributed by atoms with Gasteiger partial charge >= 0.3 is 0 Å². The van der Waals surface area contributed by atoms with E-state index >= 15 is 0 Å². The van der Waals surface area contributed by atoms with E-state index in [9.17, 15) is 9.59 Å². The first-order chi connectivity index (χ1) is 8.63. The molecular formula is C12H18N4O2. The van der Waals surface area contributed by atoms with Crippen molar-refractivity contribution in [2.75, 3.05) is 25.4 Å². The van der Waals surface area contributed by atoms with E-state index in [1.807, 2.05) is 0 Å². The minimum Gasteiger partial charge on any atom is -0.399 e. The summed E-state index contributed by atoms with van der Waals surface area (Å²) in [5.41, 5.74) is 11.9. The molecule has 0 aromatic heterocycles. The molecule has 2 amide bonds. The maximum atomic E-state index is 11.6. The van der Waals surface area contributed by atoms with Crippen molar-refractivity contribution in [1.29, 1.82) is 0 Å². The van der Waals surface area contributed by atoms with Gasteiger partial charge in [0.2, 0.25) is 5.91 Å². The van der Waals surface area contributed by atoms with Crippen molar-refractivity contribution in [2.45, 2.75) is 6.42 Å². The number of hydrogen-bond acceptors (Lipinski definition) is 4. The van der Waals surface area contributed by atoms with Crippen LogP contribution in [0.4, 0.5) is 5.69 Å². The molecule has 0 aliphatic rings. The second kappa shape index (κ2) is 7.29. The summed E-state index contributed by atoms with van der Waals surface area (Å²) in [4.78, 5) is 23.0. The first kappa shape index (κ1) is 14.0. The molecular weight excluding hydrogens is 232 g/mol. The fourth-order valence-electron chi connectivity index (χ4n) is 1.29. The van der Waals surface area contributed by atoms with Crippen molar-refractivity contribution in [3.8, 4) is 0 Å². The predicted molar refractivity (Wildman–Crippen MR) is 69.9 cm³/mol. The SMILES string of the molecule is NCCCNC(=O)CNC(=O)c1ccc(N)cc1. The third-order valence-electron chi connectivity index (χ3n) is 2.29. The van der Waals surface area contributed by atoms with Crippen LogP contribution in [0.2, 0.25) is 0 Å². The lowest BCUT2D eigenvalue weighted by Gasteiger charge is -2.06. The molecule has 0 aliphatic heterocycles. The Morgan fingerprint density at radius 2 is 1.78 bits per heavy atom. The first-order valence-electron chi connectivity index (χ1n) is 5.74. The normalized spacial score (nSPS) is 9.83. The maximum Gasteiger partial charge on any atom is 0.251 e. The van der Waals surface area contributed by atoms with Crippen LogP contribution in [0, 0.1) is 0 Å². The van der Waals surface area contributed by atoms with Crippen LogP contribution in [0.5, 0.6) is 0 Å². The molecule has 18 heavy (non-hydrogen) atoms.